The van der Waals surface area contributed by atoms with E-state index < -0.39 is 17.8 Å². The van der Waals surface area contributed by atoms with Crippen LogP contribution >= 0.6 is 22.9 Å². The van der Waals surface area contributed by atoms with Crippen molar-refractivity contribution in [2.24, 2.45) is 0 Å². The van der Waals surface area contributed by atoms with Gasteiger partial charge in [-0.3, -0.25) is 4.79 Å². The normalized spacial score (nSPS) is 10.8. The van der Waals surface area contributed by atoms with Gasteiger partial charge in [0.25, 0.3) is 5.91 Å². The number of amides is 1. The van der Waals surface area contributed by atoms with Crippen molar-refractivity contribution in [1.82, 2.24) is 9.78 Å². The lowest BCUT2D eigenvalue weighted by Crippen LogP contribution is -2.17. The van der Waals surface area contributed by atoms with E-state index in [1.54, 1.807) is 52.1 Å². The van der Waals surface area contributed by atoms with Gasteiger partial charge < -0.3 is 19.5 Å². The lowest BCUT2D eigenvalue weighted by Gasteiger charge is -2.10. The van der Waals surface area contributed by atoms with Crippen LogP contribution < -0.4 is 10.1 Å². The molecule has 35 heavy (non-hydrogen) atoms. The Labute approximate surface area is 211 Å². The van der Waals surface area contributed by atoms with Crippen molar-refractivity contribution in [3.05, 3.63) is 62.7 Å². The van der Waals surface area contributed by atoms with Crippen molar-refractivity contribution in [3.8, 4) is 5.75 Å². The van der Waals surface area contributed by atoms with Crippen LogP contribution in [-0.4, -0.2) is 40.3 Å². The highest BCUT2D eigenvalue weighted by molar-refractivity contribution is 7.18. The number of nitrogens with one attached hydrogen (secondary N) is 1. The Hall–Kier alpha value is -3.37. The molecule has 2 heterocycles. The highest BCUT2D eigenvalue weighted by Crippen LogP contribution is 2.35. The van der Waals surface area contributed by atoms with E-state index in [4.69, 9.17) is 25.8 Å². The van der Waals surface area contributed by atoms with Crippen LogP contribution in [0.2, 0.25) is 5.02 Å². The quantitative estimate of drug-likeness (QED) is 0.385. The number of aryl methyl sites for hydroxylation is 1. The van der Waals surface area contributed by atoms with E-state index in [0.717, 1.165) is 16.9 Å². The number of anilines is 1. The number of aromatic nitrogens is 2. The summed E-state index contributed by atoms with van der Waals surface area (Å²) in [6.07, 6.45) is 1.21. The number of benzene rings is 1. The summed E-state index contributed by atoms with van der Waals surface area (Å²) in [5, 5.41) is 7.73. The van der Waals surface area contributed by atoms with Gasteiger partial charge in [-0.1, -0.05) is 11.6 Å². The van der Waals surface area contributed by atoms with Gasteiger partial charge in [0.15, 0.2) is 12.4 Å². The maximum Gasteiger partial charge on any atom is 0.348 e. The molecule has 2 aromatic heterocycles. The number of esters is 2. The molecular weight excluding hydrogens is 494 g/mol. The van der Waals surface area contributed by atoms with Crippen LogP contribution in [0.25, 0.3) is 0 Å². The zero-order valence-corrected chi connectivity index (χ0v) is 21.6. The predicted octanol–water partition coefficient (Wildman–Crippen LogP) is 5.25. The maximum absolute atomic E-state index is 12.9. The third-order valence-electron chi connectivity index (χ3n) is 4.75. The van der Waals surface area contributed by atoms with Gasteiger partial charge in [-0.05, 0) is 70.0 Å². The van der Waals surface area contributed by atoms with E-state index in [-0.39, 0.29) is 40.6 Å². The molecule has 0 saturated carbocycles. The molecule has 0 unspecified atom stereocenters. The first-order valence-electron chi connectivity index (χ1n) is 10.9. The number of carbonyl (C=O) groups is 3. The predicted molar refractivity (Wildman–Crippen MR) is 133 cm³/mol. The molecule has 0 aliphatic rings. The molecule has 0 bridgehead atoms. The highest BCUT2D eigenvalue weighted by Gasteiger charge is 2.28. The molecule has 1 N–H and O–H groups in total. The summed E-state index contributed by atoms with van der Waals surface area (Å²) in [5.41, 5.74) is 1.48. The zero-order valence-electron chi connectivity index (χ0n) is 20.0. The molecule has 1 aromatic carbocycles. The van der Waals surface area contributed by atoms with Crippen LogP contribution in [0, 0.1) is 13.8 Å². The van der Waals surface area contributed by atoms with Crippen molar-refractivity contribution >= 4 is 45.8 Å². The van der Waals surface area contributed by atoms with Crippen molar-refractivity contribution < 1.29 is 28.6 Å². The molecule has 9 nitrogen and oxygen atoms in total. The summed E-state index contributed by atoms with van der Waals surface area (Å²) in [7, 11) is 0. The number of hydrogen-bond donors (Lipinski definition) is 1. The third kappa shape index (κ3) is 6.40. The number of halogens is 1. The summed E-state index contributed by atoms with van der Waals surface area (Å²) in [6.45, 7) is 8.85. The van der Waals surface area contributed by atoms with Gasteiger partial charge in [0.05, 0.1) is 18.3 Å². The third-order valence-corrected chi connectivity index (χ3v) is 6.36. The molecule has 0 atom stereocenters. The van der Waals surface area contributed by atoms with Crippen LogP contribution in [-0.2, 0) is 16.2 Å². The number of thiophene rings is 1. The fraction of sp³-hybridized carbons (Fsp3) is 0.333. The number of rotatable bonds is 9. The van der Waals surface area contributed by atoms with Gasteiger partial charge >= 0.3 is 11.9 Å². The van der Waals surface area contributed by atoms with Gasteiger partial charge in [-0.15, -0.1) is 11.3 Å². The van der Waals surface area contributed by atoms with Crippen molar-refractivity contribution in [2.45, 2.75) is 47.5 Å². The first kappa shape index (κ1) is 26.2. The van der Waals surface area contributed by atoms with Crippen LogP contribution in [0.3, 0.4) is 0 Å². The van der Waals surface area contributed by atoms with Crippen molar-refractivity contribution in [1.29, 1.82) is 0 Å². The lowest BCUT2D eigenvalue weighted by molar-refractivity contribution is 0.0379. The van der Waals surface area contributed by atoms with Gasteiger partial charge in [0, 0.05) is 11.2 Å². The van der Waals surface area contributed by atoms with Crippen LogP contribution in [0.15, 0.2) is 30.5 Å². The number of carbonyl (C=O) groups excluding carboxylic acids is 3. The van der Waals surface area contributed by atoms with Crippen LogP contribution in [0.5, 0.6) is 5.75 Å². The van der Waals surface area contributed by atoms with Gasteiger partial charge in [0.1, 0.15) is 15.6 Å². The van der Waals surface area contributed by atoms with E-state index in [9.17, 15) is 14.4 Å². The fourth-order valence-electron chi connectivity index (χ4n) is 3.08. The van der Waals surface area contributed by atoms with E-state index in [0.29, 0.717) is 16.3 Å². The monoisotopic (exact) mass is 519 g/mol. The number of hydrogen-bond acceptors (Lipinski definition) is 8. The van der Waals surface area contributed by atoms with Gasteiger partial charge in [-0.25, -0.2) is 14.3 Å². The highest BCUT2D eigenvalue weighted by atomic mass is 35.5. The van der Waals surface area contributed by atoms with Crippen LogP contribution in [0.1, 0.15) is 62.4 Å². The van der Waals surface area contributed by atoms with Gasteiger partial charge in [-0.2, -0.15) is 5.10 Å². The smallest absolute Gasteiger partial charge is 0.348 e. The Bertz CT molecular complexity index is 1250. The first-order valence-corrected chi connectivity index (χ1v) is 12.0. The van der Waals surface area contributed by atoms with E-state index in [1.807, 2.05) is 6.92 Å². The maximum atomic E-state index is 12.9. The average Bonchev–Trinajstić information content (AvgIpc) is 3.39. The number of ether oxygens (including phenoxy) is 3. The zero-order chi connectivity index (χ0) is 25.7. The van der Waals surface area contributed by atoms with Gasteiger partial charge in [0.2, 0.25) is 0 Å². The average molecular weight is 520 g/mol. The Kier molecular flexibility index (Phi) is 8.52. The second kappa shape index (κ2) is 11.4. The second-order valence-electron chi connectivity index (χ2n) is 7.81. The summed E-state index contributed by atoms with van der Waals surface area (Å²) in [4.78, 5) is 38.2. The molecule has 11 heteroatoms. The standard InChI is InChI=1S/C24H26ClN3O6S/c1-6-32-24(31)20-15(5)19(23(30)34-13(2)3)22(35-20)26-21(29)18-9-10-28(27-18)12-33-16-7-8-17(25)14(4)11-16/h7-11,13H,6,12H2,1-5H3,(H,26,29). The molecule has 3 aromatic rings. The first-order chi connectivity index (χ1) is 16.6. The number of nitrogens with zero attached hydrogens (tertiary/aromatic N) is 2. The SMILES string of the molecule is CCOC(=O)c1sc(NC(=O)c2ccn(COc3ccc(Cl)c(C)c3)n2)c(C(=O)OC(C)C)c1C. The molecule has 186 valence electrons. The largest absolute Gasteiger partial charge is 0.471 e. The van der Waals surface area contributed by atoms with E-state index >= 15 is 0 Å². The molecular formula is C24H26ClN3O6S. The van der Waals surface area contributed by atoms with Crippen molar-refractivity contribution in [2.75, 3.05) is 11.9 Å². The summed E-state index contributed by atoms with van der Waals surface area (Å²) in [6, 6.07) is 6.80. The second-order valence-corrected chi connectivity index (χ2v) is 9.24. The molecule has 3 rings (SSSR count). The van der Waals surface area contributed by atoms with E-state index in [1.165, 1.54) is 10.7 Å². The molecule has 0 saturated heterocycles. The lowest BCUT2D eigenvalue weighted by atomic mass is 10.1. The molecule has 1 amide bonds. The minimum atomic E-state index is -0.642. The van der Waals surface area contributed by atoms with Crippen LogP contribution in [0.4, 0.5) is 5.00 Å². The molecule has 0 aliphatic carbocycles. The summed E-state index contributed by atoms with van der Waals surface area (Å²) in [5.74, 6) is -1.16. The molecule has 0 aliphatic heterocycles. The topological polar surface area (TPSA) is 109 Å². The fourth-order valence-corrected chi connectivity index (χ4v) is 4.28. The minimum absolute atomic E-state index is 0.0748. The Morgan fingerprint density at radius 3 is 2.57 bits per heavy atom. The Balaban J connectivity index is 1.78. The molecule has 0 radical (unpaired) electrons. The molecule has 0 fully saturated rings. The minimum Gasteiger partial charge on any atom is -0.471 e. The van der Waals surface area contributed by atoms with Crippen molar-refractivity contribution in [3.63, 3.8) is 0 Å². The van der Waals surface area contributed by atoms with E-state index in [2.05, 4.69) is 10.4 Å². The molecule has 0 spiro atoms. The Morgan fingerprint density at radius 2 is 1.91 bits per heavy atom. The summed E-state index contributed by atoms with van der Waals surface area (Å²) < 4.78 is 17.5. The summed E-state index contributed by atoms with van der Waals surface area (Å²) >= 11 is 6.98. The Morgan fingerprint density at radius 1 is 1.17 bits per heavy atom.